The Kier molecular flexibility index (Phi) is 2.78. The molecule has 0 fully saturated rings. The summed E-state index contributed by atoms with van der Waals surface area (Å²) >= 11 is 6.09. The summed E-state index contributed by atoms with van der Waals surface area (Å²) in [6.07, 6.45) is 3.50. The van der Waals surface area contributed by atoms with Gasteiger partial charge in [-0.15, -0.1) is 0 Å². The third kappa shape index (κ3) is 1.88. The van der Waals surface area contributed by atoms with Crippen molar-refractivity contribution in [3.63, 3.8) is 0 Å². The second kappa shape index (κ2) is 4.44. The average molecular weight is 259 g/mol. The van der Waals surface area contributed by atoms with Gasteiger partial charge < -0.3 is 10.2 Å². The van der Waals surface area contributed by atoms with E-state index in [1.54, 1.807) is 12.4 Å². The van der Waals surface area contributed by atoms with Crippen molar-refractivity contribution in [3.05, 3.63) is 53.3 Å². The normalized spacial score (nSPS) is 11.0. The van der Waals surface area contributed by atoms with E-state index in [9.17, 15) is 0 Å². The van der Waals surface area contributed by atoms with Gasteiger partial charge in [-0.1, -0.05) is 23.7 Å². The fourth-order valence-corrected chi connectivity index (χ4v) is 2.12. The number of nitrogens with two attached hydrogens (primary N) is 1. The third-order valence-electron chi connectivity index (χ3n) is 2.81. The molecule has 0 aliphatic carbocycles. The number of halogens is 1. The Morgan fingerprint density at radius 2 is 2.11 bits per heavy atom. The van der Waals surface area contributed by atoms with Crippen LogP contribution < -0.4 is 5.73 Å². The molecule has 0 atom stereocenters. The molecule has 4 heteroatoms. The minimum atomic E-state index is 0.460. The van der Waals surface area contributed by atoms with Gasteiger partial charge in [-0.3, -0.25) is 4.98 Å². The molecule has 90 valence electrons. The summed E-state index contributed by atoms with van der Waals surface area (Å²) < 4.78 is 5.77. The Morgan fingerprint density at radius 1 is 1.22 bits per heavy atom. The van der Waals surface area contributed by atoms with Crippen molar-refractivity contribution >= 4 is 22.6 Å². The Balaban J connectivity index is 2.16. The van der Waals surface area contributed by atoms with Crippen molar-refractivity contribution in [2.45, 2.75) is 6.54 Å². The molecule has 0 unspecified atom stereocenters. The van der Waals surface area contributed by atoms with Crippen LogP contribution in [-0.2, 0) is 6.54 Å². The minimum Gasteiger partial charge on any atom is -0.454 e. The largest absolute Gasteiger partial charge is 0.454 e. The first-order valence-electron chi connectivity index (χ1n) is 5.60. The Hall–Kier alpha value is -1.84. The van der Waals surface area contributed by atoms with Crippen LogP contribution in [0.25, 0.3) is 22.3 Å². The van der Waals surface area contributed by atoms with Crippen LogP contribution in [0, 0.1) is 0 Å². The molecule has 0 aliphatic heterocycles. The van der Waals surface area contributed by atoms with E-state index in [0.29, 0.717) is 17.2 Å². The first kappa shape index (κ1) is 11.3. The fourth-order valence-electron chi connectivity index (χ4n) is 1.90. The zero-order valence-corrected chi connectivity index (χ0v) is 10.3. The highest BCUT2D eigenvalue weighted by atomic mass is 35.5. The van der Waals surface area contributed by atoms with Crippen molar-refractivity contribution in [2.24, 2.45) is 5.73 Å². The lowest BCUT2D eigenvalue weighted by molar-refractivity contribution is 0.631. The van der Waals surface area contributed by atoms with E-state index in [2.05, 4.69) is 4.98 Å². The van der Waals surface area contributed by atoms with Crippen LogP contribution in [0.1, 0.15) is 5.56 Å². The van der Waals surface area contributed by atoms with E-state index < -0.39 is 0 Å². The Morgan fingerprint density at radius 3 is 2.89 bits per heavy atom. The molecule has 2 aromatic heterocycles. The van der Waals surface area contributed by atoms with E-state index in [1.165, 1.54) is 0 Å². The summed E-state index contributed by atoms with van der Waals surface area (Å²) in [6, 6.07) is 9.61. The molecule has 3 rings (SSSR count). The number of rotatable bonds is 2. The van der Waals surface area contributed by atoms with Gasteiger partial charge in [0.15, 0.2) is 5.58 Å². The zero-order chi connectivity index (χ0) is 12.5. The second-order valence-corrected chi connectivity index (χ2v) is 4.46. The molecular formula is C14H11ClN2O. The number of para-hydroxylation sites is 1. The first-order chi connectivity index (χ1) is 8.78. The van der Waals surface area contributed by atoms with Gasteiger partial charge >= 0.3 is 0 Å². The van der Waals surface area contributed by atoms with Crippen LogP contribution in [-0.4, -0.2) is 4.98 Å². The quantitative estimate of drug-likeness (QED) is 0.764. The molecule has 3 nitrogen and oxygen atoms in total. The van der Waals surface area contributed by atoms with Gasteiger partial charge in [0, 0.05) is 29.9 Å². The number of nitrogens with zero attached hydrogens (tertiary/aromatic N) is 1. The van der Waals surface area contributed by atoms with Crippen LogP contribution >= 0.6 is 11.6 Å². The van der Waals surface area contributed by atoms with E-state index in [1.807, 2.05) is 30.3 Å². The van der Waals surface area contributed by atoms with Gasteiger partial charge in [-0.2, -0.15) is 0 Å². The SMILES string of the molecule is NCc1cncc(-c2cc3cccc(Cl)c3o2)c1. The summed E-state index contributed by atoms with van der Waals surface area (Å²) in [4.78, 5) is 4.15. The fraction of sp³-hybridized carbons (Fsp3) is 0.0714. The number of hydrogen-bond acceptors (Lipinski definition) is 3. The van der Waals surface area contributed by atoms with Gasteiger partial charge in [0.1, 0.15) is 5.76 Å². The van der Waals surface area contributed by atoms with Crippen LogP contribution in [0.15, 0.2) is 47.1 Å². The molecule has 0 aliphatic rings. The minimum absolute atomic E-state index is 0.460. The lowest BCUT2D eigenvalue weighted by Gasteiger charge is -1.99. The van der Waals surface area contributed by atoms with E-state index in [4.69, 9.17) is 21.8 Å². The van der Waals surface area contributed by atoms with Gasteiger partial charge in [0.25, 0.3) is 0 Å². The number of fused-ring (bicyclic) bond motifs is 1. The molecular weight excluding hydrogens is 248 g/mol. The van der Waals surface area contributed by atoms with Crippen molar-refractivity contribution < 1.29 is 4.42 Å². The molecule has 0 bridgehead atoms. The smallest absolute Gasteiger partial charge is 0.153 e. The van der Waals surface area contributed by atoms with Crippen LogP contribution in [0.4, 0.5) is 0 Å². The molecule has 0 amide bonds. The monoisotopic (exact) mass is 258 g/mol. The maximum Gasteiger partial charge on any atom is 0.153 e. The Bertz CT molecular complexity index is 706. The molecule has 0 spiro atoms. The maximum atomic E-state index is 6.09. The predicted molar refractivity (Wildman–Crippen MR) is 72.3 cm³/mol. The number of aromatic nitrogens is 1. The third-order valence-corrected chi connectivity index (χ3v) is 3.11. The maximum absolute atomic E-state index is 6.09. The molecule has 0 saturated heterocycles. The lowest BCUT2D eigenvalue weighted by atomic mass is 10.1. The van der Waals surface area contributed by atoms with Crippen LogP contribution in [0.5, 0.6) is 0 Å². The number of furan rings is 1. The number of benzene rings is 1. The highest BCUT2D eigenvalue weighted by molar-refractivity contribution is 6.34. The topological polar surface area (TPSA) is 52.0 Å². The highest BCUT2D eigenvalue weighted by Crippen LogP contribution is 2.31. The Labute approximate surface area is 109 Å². The highest BCUT2D eigenvalue weighted by Gasteiger charge is 2.09. The van der Waals surface area contributed by atoms with Gasteiger partial charge in [-0.25, -0.2) is 0 Å². The molecule has 0 saturated carbocycles. The van der Waals surface area contributed by atoms with Crippen molar-refractivity contribution in [2.75, 3.05) is 0 Å². The van der Waals surface area contributed by atoms with E-state index in [-0.39, 0.29) is 0 Å². The van der Waals surface area contributed by atoms with Crippen molar-refractivity contribution in [1.82, 2.24) is 4.98 Å². The molecule has 3 aromatic rings. The van der Waals surface area contributed by atoms with Gasteiger partial charge in [-0.05, 0) is 23.8 Å². The van der Waals surface area contributed by atoms with E-state index in [0.717, 1.165) is 22.3 Å². The van der Waals surface area contributed by atoms with Gasteiger partial charge in [0.2, 0.25) is 0 Å². The van der Waals surface area contributed by atoms with Crippen LogP contribution in [0.3, 0.4) is 0 Å². The van der Waals surface area contributed by atoms with Crippen LogP contribution in [0.2, 0.25) is 5.02 Å². The predicted octanol–water partition coefficient (Wildman–Crippen LogP) is 3.61. The second-order valence-electron chi connectivity index (χ2n) is 4.05. The molecule has 18 heavy (non-hydrogen) atoms. The molecule has 2 heterocycles. The van der Waals surface area contributed by atoms with Gasteiger partial charge in [0.05, 0.1) is 5.02 Å². The standard InChI is InChI=1S/C14H11ClN2O/c15-12-3-1-2-10-5-13(18-14(10)12)11-4-9(6-16)7-17-8-11/h1-5,7-8H,6,16H2. The molecule has 2 N–H and O–H groups in total. The summed E-state index contributed by atoms with van der Waals surface area (Å²) in [5.41, 5.74) is 8.18. The molecule has 1 aromatic carbocycles. The number of pyridine rings is 1. The summed E-state index contributed by atoms with van der Waals surface area (Å²) in [5.74, 6) is 0.751. The zero-order valence-electron chi connectivity index (χ0n) is 9.56. The van der Waals surface area contributed by atoms with Crippen molar-refractivity contribution in [3.8, 4) is 11.3 Å². The van der Waals surface area contributed by atoms with Crippen molar-refractivity contribution in [1.29, 1.82) is 0 Å². The van der Waals surface area contributed by atoms with E-state index >= 15 is 0 Å². The summed E-state index contributed by atoms with van der Waals surface area (Å²) in [7, 11) is 0. The number of hydrogen-bond donors (Lipinski definition) is 1. The average Bonchev–Trinajstić information content (AvgIpc) is 2.84. The summed E-state index contributed by atoms with van der Waals surface area (Å²) in [6.45, 7) is 0.460. The lowest BCUT2D eigenvalue weighted by Crippen LogP contribution is -1.96. The molecule has 0 radical (unpaired) electrons. The first-order valence-corrected chi connectivity index (χ1v) is 5.98. The summed E-state index contributed by atoms with van der Waals surface area (Å²) in [5, 5.41) is 1.59.